The van der Waals surface area contributed by atoms with Gasteiger partial charge in [-0.1, -0.05) is 0 Å². The van der Waals surface area contributed by atoms with Gasteiger partial charge in [-0.15, -0.1) is 0 Å². The molecule has 19 nitrogen and oxygen atoms in total. The third-order valence-corrected chi connectivity index (χ3v) is 5.96. The molecule has 0 aromatic carbocycles. The monoisotopic (exact) mass is 612 g/mol. The molecule has 0 bridgehead atoms. The Morgan fingerprint density at radius 2 is 0.825 bits per heavy atom. The largest absolute Gasteiger partial charge is 1.00 e. The van der Waals surface area contributed by atoms with Gasteiger partial charge in [0.05, 0.1) is 17.9 Å². The maximum absolute atomic E-state index is 11.7. The quantitative estimate of drug-likeness (QED) is 0.124. The molecule has 0 aromatic heterocycles. The minimum atomic E-state index is -2.43. The van der Waals surface area contributed by atoms with E-state index in [1.54, 1.807) is 0 Å². The van der Waals surface area contributed by atoms with Gasteiger partial charge in [-0.05, 0) is 0 Å². The predicted molar refractivity (Wildman–Crippen MR) is 95.0 cm³/mol. The Morgan fingerprint density at radius 1 is 0.475 bits per heavy atom. The second-order valence-electron chi connectivity index (χ2n) is 8.39. The van der Waals surface area contributed by atoms with Crippen LogP contribution in [0.5, 0.6) is 0 Å². The Morgan fingerprint density at radius 3 is 1.25 bits per heavy atom. The van der Waals surface area contributed by atoms with E-state index in [0.29, 0.717) is 0 Å². The van der Waals surface area contributed by atoms with Crippen molar-refractivity contribution in [3.63, 3.8) is 0 Å². The summed E-state index contributed by atoms with van der Waals surface area (Å²) in [7, 11) is 0. The molecule has 15 atom stereocenters. The molecular formula is C18H23Na3O19. The fraction of sp³-hybridized carbons (Fsp3) is 0.833. The molecule has 0 aliphatic carbocycles. The molecule has 3 aliphatic rings. The smallest absolute Gasteiger partial charge is 0.547 e. The molecule has 0 aromatic rings. The van der Waals surface area contributed by atoms with Gasteiger partial charge in [0, 0.05) is 0 Å². The summed E-state index contributed by atoms with van der Waals surface area (Å²) >= 11 is 0. The number of hydrogen-bond donors (Lipinski definition) is 8. The summed E-state index contributed by atoms with van der Waals surface area (Å²) in [6.45, 7) is 0. The van der Waals surface area contributed by atoms with E-state index in [0.717, 1.165) is 0 Å². The van der Waals surface area contributed by atoms with Crippen molar-refractivity contribution >= 4 is 17.9 Å². The zero-order chi connectivity index (χ0) is 27.9. The molecule has 22 heteroatoms. The molecule has 3 heterocycles. The van der Waals surface area contributed by atoms with Crippen LogP contribution in [-0.2, 0) is 38.1 Å². The summed E-state index contributed by atoms with van der Waals surface area (Å²) in [5.41, 5.74) is 0. The van der Waals surface area contributed by atoms with Crippen molar-refractivity contribution in [3.8, 4) is 0 Å². The number of aliphatic hydroxyl groups excluding tert-OH is 8. The van der Waals surface area contributed by atoms with Crippen molar-refractivity contribution in [2.45, 2.75) is 92.1 Å². The topological polar surface area (TPSA) is 328 Å². The van der Waals surface area contributed by atoms with Crippen LogP contribution < -0.4 is 104 Å². The minimum absolute atomic E-state index is 0. The molecule has 0 amide bonds. The number of carboxylic acids is 3. The molecule has 3 rings (SSSR count). The molecule has 3 fully saturated rings. The van der Waals surface area contributed by atoms with Crippen LogP contribution in [0.3, 0.4) is 0 Å². The van der Waals surface area contributed by atoms with Gasteiger partial charge in [0.1, 0.15) is 73.2 Å². The standard InChI is InChI=1S/C18H26O19.3Na/c19-1-2(20)10(13(26)27)36-17(6(1)24)35-9-4(22)7(25)18(37-12(9)15(30)31)34-8-3(21)5(23)16(32)33-11(8)14(28)29;;;/h1-12,16-25,32H,(H,26,27)(H,28,29)(H,30,31);;;/q;3*+1/p-3/t1-,2-,3+,4+,5?,6?,7?,8-,9-,10?,11?,12?,16+,17+,18+;;;/m0.../s1. The van der Waals surface area contributed by atoms with E-state index in [1.165, 1.54) is 0 Å². The molecule has 0 spiro atoms. The van der Waals surface area contributed by atoms with Crippen molar-refractivity contribution in [3.05, 3.63) is 0 Å². The zero-order valence-electron chi connectivity index (χ0n) is 21.2. The van der Waals surface area contributed by atoms with E-state index < -0.39 is 110 Å². The van der Waals surface area contributed by atoms with Crippen molar-refractivity contribution in [2.75, 3.05) is 0 Å². The van der Waals surface area contributed by atoms with E-state index in [2.05, 4.69) is 4.74 Å². The van der Waals surface area contributed by atoms with Crippen molar-refractivity contribution in [1.82, 2.24) is 0 Å². The first-order chi connectivity index (χ1) is 17.2. The first-order valence-electron chi connectivity index (χ1n) is 10.5. The van der Waals surface area contributed by atoms with Crippen molar-refractivity contribution in [1.29, 1.82) is 0 Å². The number of carbonyl (C=O) groups excluding carboxylic acids is 3. The zero-order valence-corrected chi connectivity index (χ0v) is 27.2. The average molecular weight is 612 g/mol. The predicted octanol–water partition coefficient (Wildman–Crippen LogP) is -20.3. The maximum atomic E-state index is 11.7. The van der Waals surface area contributed by atoms with Gasteiger partial charge >= 0.3 is 88.7 Å². The van der Waals surface area contributed by atoms with Gasteiger partial charge < -0.3 is 94.2 Å². The van der Waals surface area contributed by atoms with Crippen molar-refractivity contribution in [2.24, 2.45) is 0 Å². The first-order valence-corrected chi connectivity index (χ1v) is 10.5. The van der Waals surface area contributed by atoms with Crippen LogP contribution in [0.4, 0.5) is 0 Å². The summed E-state index contributed by atoms with van der Waals surface area (Å²) in [4.78, 5) is 34.1. The van der Waals surface area contributed by atoms with Crippen LogP contribution in [0, 0.1) is 0 Å². The Labute approximate surface area is 290 Å². The Balaban J connectivity index is 0.00000507. The number of ether oxygens (including phenoxy) is 5. The number of aliphatic hydroxyl groups is 8. The van der Waals surface area contributed by atoms with Gasteiger partial charge in [-0.25, -0.2) is 0 Å². The van der Waals surface area contributed by atoms with Crippen LogP contribution in [0.1, 0.15) is 0 Å². The Hall–Kier alpha value is 0.890. The number of carboxylic acid groups (broad SMARTS) is 3. The fourth-order valence-electron chi connectivity index (χ4n) is 3.95. The summed E-state index contributed by atoms with van der Waals surface area (Å²) in [6.07, 6.45) is -33.7. The molecule has 40 heavy (non-hydrogen) atoms. The van der Waals surface area contributed by atoms with Gasteiger partial charge in [-0.3, -0.25) is 0 Å². The average Bonchev–Trinajstić information content (AvgIpc) is 2.82. The normalized spacial score (nSPS) is 45.1. The Bertz CT molecular complexity index is 868. The van der Waals surface area contributed by atoms with E-state index in [-0.39, 0.29) is 88.7 Å². The van der Waals surface area contributed by atoms with E-state index in [4.69, 9.17) is 18.9 Å². The second-order valence-corrected chi connectivity index (χ2v) is 8.39. The molecule has 3 saturated heterocycles. The first kappa shape index (κ1) is 40.9. The molecule has 0 saturated carbocycles. The van der Waals surface area contributed by atoms with Crippen molar-refractivity contribution < 1.29 is 183 Å². The number of hydrogen-bond acceptors (Lipinski definition) is 19. The summed E-state index contributed by atoms with van der Waals surface area (Å²) in [5.74, 6) is -6.27. The molecular weight excluding hydrogens is 589 g/mol. The third-order valence-electron chi connectivity index (χ3n) is 5.96. The third kappa shape index (κ3) is 8.53. The summed E-state index contributed by atoms with van der Waals surface area (Å²) in [6, 6.07) is 0. The van der Waals surface area contributed by atoms with E-state index in [1.807, 2.05) is 0 Å². The van der Waals surface area contributed by atoms with Gasteiger partial charge in [0.25, 0.3) is 0 Å². The molecule has 8 N–H and O–H groups in total. The second kappa shape index (κ2) is 16.8. The van der Waals surface area contributed by atoms with Crippen LogP contribution in [0.25, 0.3) is 0 Å². The van der Waals surface area contributed by atoms with Gasteiger partial charge in [0.2, 0.25) is 0 Å². The number of rotatable bonds is 7. The fourth-order valence-corrected chi connectivity index (χ4v) is 3.95. The molecule has 0 radical (unpaired) electrons. The van der Waals surface area contributed by atoms with E-state index in [9.17, 15) is 70.6 Å². The summed E-state index contributed by atoms with van der Waals surface area (Å²) in [5, 5.41) is 114. The molecule has 212 valence electrons. The van der Waals surface area contributed by atoms with Crippen LogP contribution in [0.15, 0.2) is 0 Å². The maximum Gasteiger partial charge on any atom is 1.00 e. The SMILES string of the molecule is O=C([O-])C1O[C@@H](O[C@@H]2C(C(=O)[O-])O[C@@H](O[C@@H]3C(C(=O)[O-])O[C@@H](O)C(O)[C@H]3O)C(O)[C@H]2O)C(O)[C@@H](O)[C@@H]1O.[Na+].[Na+].[Na+]. The van der Waals surface area contributed by atoms with Crippen LogP contribution in [0.2, 0.25) is 0 Å². The van der Waals surface area contributed by atoms with Crippen LogP contribution in [-0.4, -0.2) is 151 Å². The number of carbonyl (C=O) groups is 3. The van der Waals surface area contributed by atoms with Crippen LogP contribution >= 0.6 is 0 Å². The number of aliphatic carboxylic acids is 3. The van der Waals surface area contributed by atoms with Gasteiger partial charge in [-0.2, -0.15) is 0 Å². The van der Waals surface area contributed by atoms with Gasteiger partial charge in [0.15, 0.2) is 18.9 Å². The minimum Gasteiger partial charge on any atom is -0.547 e. The summed E-state index contributed by atoms with van der Waals surface area (Å²) < 4.78 is 24.4. The molecule has 6 unspecified atom stereocenters. The van der Waals surface area contributed by atoms with E-state index >= 15 is 0 Å². The molecule has 3 aliphatic heterocycles. The Kier molecular flexibility index (Phi) is 17.2.